The fourth-order valence-corrected chi connectivity index (χ4v) is 3.21. The van der Waals surface area contributed by atoms with E-state index < -0.39 is 0 Å². The van der Waals surface area contributed by atoms with E-state index in [1.165, 1.54) is 29.0 Å². The molecule has 0 fully saturated rings. The van der Waals surface area contributed by atoms with E-state index in [0.717, 1.165) is 11.4 Å². The average molecular weight is 258 g/mol. The van der Waals surface area contributed by atoms with Gasteiger partial charge in [-0.15, -0.1) is 11.3 Å². The monoisotopic (exact) mass is 258 g/mol. The van der Waals surface area contributed by atoms with E-state index in [-0.39, 0.29) is 0 Å². The van der Waals surface area contributed by atoms with Crippen molar-refractivity contribution in [2.75, 3.05) is 0 Å². The molecule has 1 aromatic carbocycles. The molecule has 0 N–H and O–H groups in total. The van der Waals surface area contributed by atoms with Gasteiger partial charge >= 0.3 is 0 Å². The average Bonchev–Trinajstić information content (AvgIpc) is 2.79. The zero-order chi connectivity index (χ0) is 13.0. The molecule has 0 aliphatic rings. The van der Waals surface area contributed by atoms with Crippen LogP contribution in [0, 0.1) is 13.8 Å². The molecule has 1 unspecified atom stereocenters. The molecule has 2 heteroatoms. The van der Waals surface area contributed by atoms with E-state index in [1.807, 2.05) is 0 Å². The summed E-state index contributed by atoms with van der Waals surface area (Å²) < 4.78 is 0. The summed E-state index contributed by atoms with van der Waals surface area (Å²) in [7, 11) is 0. The fourth-order valence-electron chi connectivity index (χ4n) is 2.16. The van der Waals surface area contributed by atoms with Gasteiger partial charge in [0.05, 0.1) is 15.6 Å². The lowest BCUT2D eigenvalue weighted by atomic mass is 9.98. The summed E-state index contributed by atoms with van der Waals surface area (Å²) in [6.45, 7) is 8.29. The Kier molecular flexibility index (Phi) is 4.54. The van der Waals surface area contributed by atoms with Crippen LogP contribution in [0.25, 0.3) is 10.4 Å². The van der Waals surface area contributed by atoms with Crippen molar-refractivity contribution in [3.8, 4) is 10.4 Å². The molecule has 0 amide bonds. The van der Waals surface area contributed by atoms with Gasteiger partial charge in [0.25, 0.3) is 0 Å². The van der Waals surface area contributed by atoms with Gasteiger partial charge in [0.1, 0.15) is 0 Å². The van der Waals surface area contributed by atoms with E-state index in [4.69, 9.17) is 4.98 Å². The highest BCUT2D eigenvalue weighted by Gasteiger charge is 2.16. The highest BCUT2D eigenvalue weighted by atomic mass is 32.1. The van der Waals surface area contributed by atoms with E-state index in [9.17, 15) is 0 Å². The van der Waals surface area contributed by atoms with Crippen LogP contribution in [0.15, 0.2) is 30.3 Å². The Bertz CT molecular complexity index is 487. The summed E-state index contributed by atoms with van der Waals surface area (Å²) in [5, 5.41) is 1.16. The predicted molar refractivity (Wildman–Crippen MR) is 79.9 cm³/mol. The molecule has 1 heterocycles. The smallest absolute Gasteiger partial charge is 0.0904 e. The third-order valence-corrected chi connectivity index (χ3v) is 4.19. The van der Waals surface area contributed by atoms with Crippen molar-refractivity contribution in [2.45, 2.75) is 39.0 Å². The van der Waals surface area contributed by atoms with E-state index in [0.29, 0.717) is 5.92 Å². The van der Waals surface area contributed by atoms with Crippen molar-refractivity contribution in [1.82, 2.24) is 4.98 Å². The molecule has 2 aromatic rings. The first-order valence-electron chi connectivity index (χ1n) is 6.54. The Balaban J connectivity index is 2.31. The summed E-state index contributed by atoms with van der Waals surface area (Å²) in [5.74, 6) is 0.520. The first-order valence-corrected chi connectivity index (χ1v) is 7.36. The van der Waals surface area contributed by atoms with Crippen LogP contribution >= 0.6 is 11.3 Å². The Hall–Kier alpha value is -1.15. The Labute approximate surface area is 114 Å². The quantitative estimate of drug-likeness (QED) is 0.716. The topological polar surface area (TPSA) is 12.9 Å². The second-order valence-corrected chi connectivity index (χ2v) is 5.91. The lowest BCUT2D eigenvalue weighted by molar-refractivity contribution is 0.628. The SMILES string of the molecule is [CH2]CCCC(C)c1nc(C)sc1-c1ccccc1. The van der Waals surface area contributed by atoms with E-state index in [1.54, 1.807) is 11.3 Å². The second-order valence-electron chi connectivity index (χ2n) is 4.71. The van der Waals surface area contributed by atoms with Crippen LogP contribution in [0.2, 0.25) is 0 Å². The van der Waals surface area contributed by atoms with Crippen LogP contribution in [-0.2, 0) is 0 Å². The number of unbranched alkanes of at least 4 members (excludes halogenated alkanes) is 1. The van der Waals surface area contributed by atoms with E-state index in [2.05, 4.69) is 51.1 Å². The van der Waals surface area contributed by atoms with Crippen molar-refractivity contribution < 1.29 is 0 Å². The minimum Gasteiger partial charge on any atom is -0.246 e. The summed E-state index contributed by atoms with van der Waals surface area (Å²) in [6.07, 6.45) is 3.35. The highest BCUT2D eigenvalue weighted by molar-refractivity contribution is 7.15. The molecule has 0 bridgehead atoms. The number of hydrogen-bond acceptors (Lipinski definition) is 2. The van der Waals surface area contributed by atoms with Gasteiger partial charge in [0.2, 0.25) is 0 Å². The summed E-state index contributed by atoms with van der Waals surface area (Å²) in [5.41, 5.74) is 2.55. The lowest BCUT2D eigenvalue weighted by Gasteiger charge is -2.10. The maximum atomic E-state index is 4.74. The Morgan fingerprint density at radius 1 is 1.28 bits per heavy atom. The van der Waals surface area contributed by atoms with Gasteiger partial charge in [-0.3, -0.25) is 0 Å². The van der Waals surface area contributed by atoms with Gasteiger partial charge in [-0.05, 0) is 24.8 Å². The van der Waals surface area contributed by atoms with Gasteiger partial charge in [0.15, 0.2) is 0 Å². The molecule has 2 rings (SSSR count). The number of benzene rings is 1. The van der Waals surface area contributed by atoms with Gasteiger partial charge in [-0.2, -0.15) is 0 Å². The van der Waals surface area contributed by atoms with Crippen molar-refractivity contribution >= 4 is 11.3 Å². The molecule has 1 aromatic heterocycles. The number of thiazole rings is 1. The largest absolute Gasteiger partial charge is 0.246 e. The van der Waals surface area contributed by atoms with Gasteiger partial charge in [-0.25, -0.2) is 4.98 Å². The number of rotatable bonds is 5. The van der Waals surface area contributed by atoms with Crippen molar-refractivity contribution in [1.29, 1.82) is 0 Å². The fraction of sp³-hybridized carbons (Fsp3) is 0.375. The van der Waals surface area contributed by atoms with Crippen LogP contribution in [0.5, 0.6) is 0 Å². The zero-order valence-corrected chi connectivity index (χ0v) is 12.0. The van der Waals surface area contributed by atoms with Crippen LogP contribution in [-0.4, -0.2) is 4.98 Å². The lowest BCUT2D eigenvalue weighted by Crippen LogP contribution is -1.96. The molecule has 1 atom stereocenters. The maximum absolute atomic E-state index is 4.74. The first-order chi connectivity index (χ1) is 8.72. The first kappa shape index (κ1) is 13.3. The number of aryl methyl sites for hydroxylation is 1. The van der Waals surface area contributed by atoms with E-state index >= 15 is 0 Å². The molecule has 0 aliphatic carbocycles. The standard InChI is InChI=1S/C16H20NS/c1-4-5-9-12(2)15-16(18-13(3)17-15)14-10-7-6-8-11-14/h6-8,10-12H,1,4-5,9H2,2-3H3. The molecule has 0 saturated heterocycles. The highest BCUT2D eigenvalue weighted by Crippen LogP contribution is 2.35. The van der Waals surface area contributed by atoms with Gasteiger partial charge in [-0.1, -0.05) is 57.0 Å². The third kappa shape index (κ3) is 2.99. The van der Waals surface area contributed by atoms with Crippen LogP contribution in [0.1, 0.15) is 42.8 Å². The summed E-state index contributed by atoms with van der Waals surface area (Å²) in [6, 6.07) is 10.6. The Morgan fingerprint density at radius 2 is 2.00 bits per heavy atom. The van der Waals surface area contributed by atoms with Gasteiger partial charge < -0.3 is 0 Å². The summed E-state index contributed by atoms with van der Waals surface area (Å²) in [4.78, 5) is 6.08. The number of aromatic nitrogens is 1. The second kappa shape index (κ2) is 6.14. The maximum Gasteiger partial charge on any atom is 0.0904 e. The van der Waals surface area contributed by atoms with Crippen molar-refractivity contribution in [3.63, 3.8) is 0 Å². The van der Waals surface area contributed by atoms with Crippen LogP contribution in [0.3, 0.4) is 0 Å². The zero-order valence-electron chi connectivity index (χ0n) is 11.1. The molecule has 18 heavy (non-hydrogen) atoms. The predicted octanol–water partition coefficient (Wildman–Crippen LogP) is 5.23. The van der Waals surface area contributed by atoms with Crippen LogP contribution < -0.4 is 0 Å². The summed E-state index contributed by atoms with van der Waals surface area (Å²) >= 11 is 1.80. The Morgan fingerprint density at radius 3 is 2.67 bits per heavy atom. The third-order valence-electron chi connectivity index (χ3n) is 3.15. The molecule has 0 spiro atoms. The molecule has 1 nitrogen and oxygen atoms in total. The molecular weight excluding hydrogens is 238 g/mol. The molecule has 1 radical (unpaired) electrons. The number of hydrogen-bond donors (Lipinski definition) is 0. The molecule has 95 valence electrons. The molecular formula is C16H20NS. The molecule has 0 aliphatic heterocycles. The normalized spacial score (nSPS) is 12.6. The van der Waals surface area contributed by atoms with Gasteiger partial charge in [0, 0.05) is 0 Å². The number of nitrogens with zero attached hydrogens (tertiary/aromatic N) is 1. The van der Waals surface area contributed by atoms with Crippen LogP contribution in [0.4, 0.5) is 0 Å². The molecule has 0 saturated carbocycles. The minimum atomic E-state index is 0.520. The van der Waals surface area contributed by atoms with Crippen molar-refractivity contribution in [3.05, 3.63) is 48.0 Å². The van der Waals surface area contributed by atoms with Crippen molar-refractivity contribution in [2.24, 2.45) is 0 Å². The minimum absolute atomic E-state index is 0.520.